The Morgan fingerprint density at radius 3 is 1.75 bits per heavy atom. The van der Waals surface area contributed by atoms with Crippen molar-refractivity contribution in [2.45, 2.75) is 6.29 Å². The van der Waals surface area contributed by atoms with Crippen LogP contribution in [0.4, 0.5) is 0 Å². The number of methoxy groups -OCH3 is 2. The maximum absolute atomic E-state index is 4.75. The van der Waals surface area contributed by atoms with E-state index in [0.717, 1.165) is 0 Å². The molecule has 0 aliphatic heterocycles. The highest BCUT2D eigenvalue weighted by molar-refractivity contribution is 7.80. The van der Waals surface area contributed by atoms with Crippen molar-refractivity contribution < 1.29 is 9.47 Å². The van der Waals surface area contributed by atoms with Crippen LogP contribution in [0.2, 0.25) is 0 Å². The van der Waals surface area contributed by atoms with E-state index in [1.807, 2.05) is 0 Å². The van der Waals surface area contributed by atoms with Gasteiger partial charge in [-0.15, -0.1) is 0 Å². The summed E-state index contributed by atoms with van der Waals surface area (Å²) in [7, 11) is 3.18. The summed E-state index contributed by atoms with van der Waals surface area (Å²) >= 11 is 3.93. The van der Waals surface area contributed by atoms with Gasteiger partial charge in [0.1, 0.15) is 0 Å². The molecule has 1 atom stereocenters. The number of rotatable bonds is 3. The predicted octanol–water partition coefficient (Wildman–Crippen LogP) is 0.593. The Labute approximate surface area is 59.0 Å². The van der Waals surface area contributed by atoms with E-state index in [4.69, 9.17) is 9.47 Å². The fourth-order valence-electron chi connectivity index (χ4n) is 0.245. The van der Waals surface area contributed by atoms with Crippen LogP contribution in [0.1, 0.15) is 0 Å². The number of thiol groups is 1. The normalized spacial score (nSPS) is 9.00. The van der Waals surface area contributed by atoms with Gasteiger partial charge in [0.05, 0.1) is 0 Å². The molecule has 0 spiro atoms. The second-order valence-corrected chi connectivity index (χ2v) is 1.45. The zero-order chi connectivity index (χ0) is 5.70. The van der Waals surface area contributed by atoms with Gasteiger partial charge in [-0.1, -0.05) is 0 Å². The molecule has 0 amide bonds. The first-order valence-corrected chi connectivity index (χ1v) is 2.64. The molecule has 0 N–H and O–H groups in total. The van der Waals surface area contributed by atoms with Crippen molar-refractivity contribution >= 4 is 22.5 Å². The molecule has 4 heteroatoms. The van der Waals surface area contributed by atoms with Gasteiger partial charge in [0.15, 0.2) is 6.29 Å². The Hall–Kier alpha value is 0.700. The van der Waals surface area contributed by atoms with Crippen molar-refractivity contribution in [3.63, 3.8) is 0 Å². The van der Waals surface area contributed by atoms with Crippen LogP contribution in [0, 0.1) is 0 Å². The van der Waals surface area contributed by atoms with Gasteiger partial charge < -0.3 is 9.47 Å². The van der Waals surface area contributed by atoms with E-state index in [1.54, 1.807) is 14.2 Å². The van der Waals surface area contributed by atoms with Gasteiger partial charge in [-0.2, -0.15) is 22.5 Å². The lowest BCUT2D eigenvalue weighted by Crippen LogP contribution is -2.13. The lowest BCUT2D eigenvalue weighted by molar-refractivity contribution is -0.0840. The van der Waals surface area contributed by atoms with Gasteiger partial charge >= 0.3 is 0 Å². The SMILES string of the molecule is COC(CS)OC.P. The third-order valence-corrected chi connectivity index (χ3v) is 0.973. The average Bonchev–Trinajstić information content (AvgIpc) is 1.72. The van der Waals surface area contributed by atoms with Gasteiger partial charge in [-0.25, -0.2) is 0 Å². The molecule has 8 heavy (non-hydrogen) atoms. The van der Waals surface area contributed by atoms with Crippen LogP contribution in [0.15, 0.2) is 0 Å². The lowest BCUT2D eigenvalue weighted by atomic mass is 10.7. The third-order valence-electron chi connectivity index (χ3n) is 0.675. The largest absolute Gasteiger partial charge is 0.355 e. The Morgan fingerprint density at radius 1 is 1.38 bits per heavy atom. The zero-order valence-electron chi connectivity index (χ0n) is 5.26. The zero-order valence-corrected chi connectivity index (χ0v) is 7.56. The van der Waals surface area contributed by atoms with Gasteiger partial charge in [0.2, 0.25) is 0 Å². The maximum atomic E-state index is 4.75. The summed E-state index contributed by atoms with van der Waals surface area (Å²) in [6.45, 7) is 0. The van der Waals surface area contributed by atoms with Crippen LogP contribution in [-0.2, 0) is 9.47 Å². The summed E-state index contributed by atoms with van der Waals surface area (Å²) in [5, 5.41) is 0. The molecular formula is C4H13O2PS. The molecule has 0 aliphatic carbocycles. The van der Waals surface area contributed by atoms with E-state index >= 15 is 0 Å². The fraction of sp³-hybridized carbons (Fsp3) is 1.00. The Bertz CT molecular complexity index is 35.5. The summed E-state index contributed by atoms with van der Waals surface area (Å²) in [5.41, 5.74) is 0. The molecule has 2 nitrogen and oxygen atoms in total. The smallest absolute Gasteiger partial charge is 0.165 e. The van der Waals surface area contributed by atoms with Crippen LogP contribution >= 0.6 is 22.5 Å². The molecule has 0 saturated heterocycles. The van der Waals surface area contributed by atoms with Gasteiger partial charge in [-0.05, 0) is 0 Å². The molecule has 0 aromatic rings. The molecular weight excluding hydrogens is 143 g/mol. The van der Waals surface area contributed by atoms with E-state index in [9.17, 15) is 0 Å². The van der Waals surface area contributed by atoms with Crippen LogP contribution in [0.25, 0.3) is 0 Å². The molecule has 0 aliphatic rings. The van der Waals surface area contributed by atoms with E-state index in [2.05, 4.69) is 12.6 Å². The number of ether oxygens (including phenoxy) is 2. The second-order valence-electron chi connectivity index (χ2n) is 1.08. The monoisotopic (exact) mass is 156 g/mol. The van der Waals surface area contributed by atoms with E-state index in [1.165, 1.54) is 0 Å². The standard InChI is InChI=1S/C4H10O2S.H3P/c1-5-4(3-7)6-2;/h4,7H,3H2,1-2H3;1H3. The molecule has 0 aromatic heterocycles. The fourth-order valence-corrected chi connectivity index (χ4v) is 0.543. The first-order chi connectivity index (χ1) is 3.35. The average molecular weight is 156 g/mol. The van der Waals surface area contributed by atoms with Crippen molar-refractivity contribution in [2.24, 2.45) is 0 Å². The predicted molar refractivity (Wildman–Crippen MR) is 42.8 cm³/mol. The quantitative estimate of drug-likeness (QED) is 0.366. The number of hydrogen-bond donors (Lipinski definition) is 1. The van der Waals surface area contributed by atoms with Gasteiger partial charge in [-0.3, -0.25) is 0 Å². The summed E-state index contributed by atoms with van der Waals surface area (Å²) < 4.78 is 9.50. The van der Waals surface area contributed by atoms with E-state index in [-0.39, 0.29) is 16.2 Å². The minimum Gasteiger partial charge on any atom is -0.355 e. The molecule has 0 fully saturated rings. The number of hydrogen-bond acceptors (Lipinski definition) is 3. The van der Waals surface area contributed by atoms with Gasteiger partial charge in [0.25, 0.3) is 0 Å². The van der Waals surface area contributed by atoms with Crippen LogP contribution in [-0.4, -0.2) is 26.3 Å². The van der Waals surface area contributed by atoms with Crippen molar-refractivity contribution in [3.05, 3.63) is 0 Å². The summed E-state index contributed by atoms with van der Waals surface area (Å²) in [5.74, 6) is 0.604. The first-order valence-electron chi connectivity index (χ1n) is 2.01. The molecule has 0 aromatic carbocycles. The molecule has 0 radical (unpaired) electrons. The topological polar surface area (TPSA) is 18.5 Å². The van der Waals surface area contributed by atoms with Crippen molar-refractivity contribution in [3.8, 4) is 0 Å². The molecule has 1 unspecified atom stereocenters. The first kappa shape index (κ1) is 11.5. The van der Waals surface area contributed by atoms with E-state index in [0.29, 0.717) is 5.75 Å². The van der Waals surface area contributed by atoms with Crippen LogP contribution in [0.5, 0.6) is 0 Å². The highest BCUT2D eigenvalue weighted by Gasteiger charge is 1.97. The molecule has 0 heterocycles. The van der Waals surface area contributed by atoms with Crippen molar-refractivity contribution in [2.75, 3.05) is 20.0 Å². The molecule has 0 saturated carbocycles. The van der Waals surface area contributed by atoms with Crippen LogP contribution < -0.4 is 0 Å². The minimum absolute atomic E-state index is 0. The van der Waals surface area contributed by atoms with Crippen molar-refractivity contribution in [1.29, 1.82) is 0 Å². The summed E-state index contributed by atoms with van der Waals surface area (Å²) in [6, 6.07) is 0. The lowest BCUT2D eigenvalue weighted by Gasteiger charge is -2.07. The molecule has 0 bridgehead atoms. The van der Waals surface area contributed by atoms with E-state index < -0.39 is 0 Å². The minimum atomic E-state index is -0.150. The highest BCUT2D eigenvalue weighted by atomic mass is 32.1. The summed E-state index contributed by atoms with van der Waals surface area (Å²) in [4.78, 5) is 0. The third kappa shape index (κ3) is 4.85. The van der Waals surface area contributed by atoms with Gasteiger partial charge in [0, 0.05) is 20.0 Å². The Kier molecular flexibility index (Phi) is 11.1. The van der Waals surface area contributed by atoms with Crippen molar-refractivity contribution in [1.82, 2.24) is 0 Å². The molecule has 52 valence electrons. The maximum Gasteiger partial charge on any atom is 0.165 e. The summed E-state index contributed by atoms with van der Waals surface area (Å²) in [6.07, 6.45) is -0.150. The molecule has 0 rings (SSSR count). The Balaban J connectivity index is 0. The Morgan fingerprint density at radius 2 is 1.75 bits per heavy atom. The second kappa shape index (κ2) is 7.70. The van der Waals surface area contributed by atoms with Crippen LogP contribution in [0.3, 0.4) is 0 Å². The highest BCUT2D eigenvalue weighted by Crippen LogP contribution is 1.90.